The summed E-state index contributed by atoms with van der Waals surface area (Å²) in [5.41, 5.74) is 7.18. The van der Waals surface area contributed by atoms with Crippen LogP contribution in [0.4, 0.5) is 10.2 Å². The van der Waals surface area contributed by atoms with E-state index in [9.17, 15) is 13.4 Å². The standard InChI is InChI=1S/C17H19FN4O.C2H6O2S.H2/c18-15-4-1-13(2-5-15)12-21-7-9-22(10-8-21)17(23)14-3-6-16(19)20-11-14;1-2-5(3)4;/h1-6,11H,7-10,12H2,(H2,19,20);2H2,1H3,(H,3,4);1H. The third kappa shape index (κ3) is 6.99. The van der Waals surface area contributed by atoms with E-state index in [2.05, 4.69) is 9.88 Å². The van der Waals surface area contributed by atoms with Gasteiger partial charge in [-0.05, 0) is 29.8 Å². The summed E-state index contributed by atoms with van der Waals surface area (Å²) in [7, 11) is 0. The lowest BCUT2D eigenvalue weighted by atomic mass is 10.2. The van der Waals surface area contributed by atoms with E-state index in [1.807, 2.05) is 4.90 Å². The largest absolute Gasteiger partial charge is 0.384 e. The van der Waals surface area contributed by atoms with Crippen molar-refractivity contribution in [3.05, 3.63) is 59.5 Å². The topological polar surface area (TPSA) is 99.8 Å². The minimum Gasteiger partial charge on any atom is -0.384 e. The van der Waals surface area contributed by atoms with Gasteiger partial charge in [-0.1, -0.05) is 19.1 Å². The van der Waals surface area contributed by atoms with Gasteiger partial charge in [0.2, 0.25) is 0 Å². The molecule has 1 unspecified atom stereocenters. The fourth-order valence-electron chi connectivity index (χ4n) is 2.67. The molecule has 9 heteroatoms. The van der Waals surface area contributed by atoms with Crippen LogP contribution in [0, 0.1) is 5.82 Å². The Labute approximate surface area is 168 Å². The first-order valence-corrected chi connectivity index (χ1v) is 10.2. The van der Waals surface area contributed by atoms with E-state index in [0.717, 1.165) is 25.2 Å². The molecule has 3 N–H and O–H groups in total. The number of hydrogen-bond acceptors (Lipinski definition) is 5. The number of nitrogens with two attached hydrogens (primary N) is 1. The molecule has 1 aliphatic heterocycles. The number of benzene rings is 1. The van der Waals surface area contributed by atoms with Gasteiger partial charge < -0.3 is 15.2 Å². The number of piperazine rings is 1. The molecule has 0 radical (unpaired) electrons. The number of carbonyl (C=O) groups excluding carboxylic acids is 1. The van der Waals surface area contributed by atoms with Crippen LogP contribution in [0.1, 0.15) is 24.3 Å². The number of pyridine rings is 1. The highest BCUT2D eigenvalue weighted by molar-refractivity contribution is 7.79. The minimum absolute atomic E-state index is 0. The summed E-state index contributed by atoms with van der Waals surface area (Å²) >= 11 is -1.57. The molecule has 1 aromatic heterocycles. The third-order valence-corrected chi connectivity index (χ3v) is 4.75. The maximum Gasteiger partial charge on any atom is 0.255 e. The second-order valence-corrected chi connectivity index (χ2v) is 7.50. The van der Waals surface area contributed by atoms with Crippen LogP contribution in [0.5, 0.6) is 0 Å². The molecular formula is C19H27FN4O3S. The molecule has 1 aromatic carbocycles. The summed E-state index contributed by atoms with van der Waals surface area (Å²) in [6, 6.07) is 9.89. The Bertz CT molecular complexity index is 785. The van der Waals surface area contributed by atoms with Gasteiger partial charge in [0, 0.05) is 46.1 Å². The average Bonchev–Trinajstić information content (AvgIpc) is 2.71. The number of hydrogen-bond donors (Lipinski definition) is 2. The van der Waals surface area contributed by atoms with Gasteiger partial charge in [-0.3, -0.25) is 9.69 Å². The molecule has 3 rings (SSSR count). The quantitative estimate of drug-likeness (QED) is 0.750. The Hall–Kier alpha value is -2.36. The Morgan fingerprint density at radius 3 is 2.32 bits per heavy atom. The van der Waals surface area contributed by atoms with E-state index < -0.39 is 11.1 Å². The number of nitrogen functional groups attached to an aromatic ring is 1. The van der Waals surface area contributed by atoms with Crippen molar-refractivity contribution < 1.29 is 19.4 Å². The smallest absolute Gasteiger partial charge is 0.255 e. The fourth-order valence-corrected chi connectivity index (χ4v) is 2.67. The van der Waals surface area contributed by atoms with E-state index in [4.69, 9.17) is 10.3 Å². The Morgan fingerprint density at radius 1 is 1.21 bits per heavy atom. The SMILES string of the molecule is CCS(=O)O.Nc1ccc(C(=O)N2CCN(Cc3ccc(F)cc3)CC2)cn1.[HH]. The van der Waals surface area contributed by atoms with Gasteiger partial charge in [0.05, 0.1) is 5.56 Å². The van der Waals surface area contributed by atoms with Crippen molar-refractivity contribution in [2.24, 2.45) is 0 Å². The zero-order chi connectivity index (χ0) is 20.5. The summed E-state index contributed by atoms with van der Waals surface area (Å²) in [6.07, 6.45) is 1.52. The molecule has 28 heavy (non-hydrogen) atoms. The minimum atomic E-state index is -1.57. The van der Waals surface area contributed by atoms with Gasteiger partial charge in [-0.2, -0.15) is 0 Å². The molecule has 0 saturated carbocycles. The summed E-state index contributed by atoms with van der Waals surface area (Å²) in [5, 5.41) is 0. The van der Waals surface area contributed by atoms with Crippen LogP contribution in [0.25, 0.3) is 0 Å². The van der Waals surface area contributed by atoms with E-state index in [0.29, 0.717) is 30.2 Å². The molecule has 1 fully saturated rings. The Morgan fingerprint density at radius 2 is 1.82 bits per heavy atom. The maximum atomic E-state index is 12.9. The summed E-state index contributed by atoms with van der Waals surface area (Å²) in [6.45, 7) is 5.35. The number of aromatic nitrogens is 1. The Balaban J connectivity index is 0.000000628. The normalized spacial score (nSPS) is 15.5. The number of amides is 1. The lowest BCUT2D eigenvalue weighted by molar-refractivity contribution is 0.0628. The molecule has 1 atom stereocenters. The van der Waals surface area contributed by atoms with Gasteiger partial charge in [0.15, 0.2) is 11.1 Å². The van der Waals surface area contributed by atoms with Crippen LogP contribution in [0.15, 0.2) is 42.6 Å². The summed E-state index contributed by atoms with van der Waals surface area (Å²) in [5.74, 6) is 0.505. The van der Waals surface area contributed by atoms with Crippen LogP contribution >= 0.6 is 0 Å². The van der Waals surface area contributed by atoms with Crippen LogP contribution in [-0.4, -0.2) is 61.4 Å². The molecule has 1 amide bonds. The van der Waals surface area contributed by atoms with Crippen LogP contribution in [-0.2, 0) is 17.6 Å². The second-order valence-electron chi connectivity index (χ2n) is 6.28. The predicted molar refractivity (Wildman–Crippen MR) is 110 cm³/mol. The van der Waals surface area contributed by atoms with Gasteiger partial charge >= 0.3 is 0 Å². The third-order valence-electron chi connectivity index (χ3n) is 4.26. The number of halogens is 1. The molecule has 2 aromatic rings. The van der Waals surface area contributed by atoms with Crippen molar-refractivity contribution in [1.29, 1.82) is 0 Å². The monoisotopic (exact) mass is 410 g/mol. The molecule has 0 bridgehead atoms. The van der Waals surface area contributed by atoms with E-state index in [-0.39, 0.29) is 13.2 Å². The second kappa shape index (κ2) is 10.8. The van der Waals surface area contributed by atoms with Crippen LogP contribution in [0.3, 0.4) is 0 Å². The number of carbonyl (C=O) groups is 1. The molecule has 1 saturated heterocycles. The zero-order valence-electron chi connectivity index (χ0n) is 15.8. The van der Waals surface area contributed by atoms with Gasteiger partial charge in [0.25, 0.3) is 5.91 Å². The van der Waals surface area contributed by atoms with Crippen molar-refractivity contribution in [2.45, 2.75) is 13.5 Å². The number of anilines is 1. The van der Waals surface area contributed by atoms with E-state index in [1.165, 1.54) is 18.3 Å². The first-order valence-electron chi connectivity index (χ1n) is 8.94. The molecule has 1 aliphatic rings. The lowest BCUT2D eigenvalue weighted by Gasteiger charge is -2.34. The molecular weight excluding hydrogens is 383 g/mol. The number of rotatable bonds is 4. The zero-order valence-corrected chi connectivity index (χ0v) is 16.6. The highest BCUT2D eigenvalue weighted by Crippen LogP contribution is 2.12. The summed E-state index contributed by atoms with van der Waals surface area (Å²) in [4.78, 5) is 20.5. The first-order chi connectivity index (χ1) is 13.4. The molecule has 0 spiro atoms. The van der Waals surface area contributed by atoms with Crippen molar-refractivity contribution in [3.8, 4) is 0 Å². The molecule has 7 nitrogen and oxygen atoms in total. The van der Waals surface area contributed by atoms with Crippen molar-refractivity contribution in [1.82, 2.24) is 14.8 Å². The Kier molecular flexibility index (Phi) is 8.49. The summed E-state index contributed by atoms with van der Waals surface area (Å²) < 4.78 is 30.2. The van der Waals surface area contributed by atoms with Gasteiger partial charge in [0.1, 0.15) is 11.6 Å². The first kappa shape index (κ1) is 21.9. The van der Waals surface area contributed by atoms with Crippen LogP contribution in [0.2, 0.25) is 0 Å². The predicted octanol–water partition coefficient (Wildman–Crippen LogP) is 2.23. The molecule has 154 valence electrons. The number of nitrogens with zero attached hydrogens (tertiary/aromatic N) is 3. The van der Waals surface area contributed by atoms with Gasteiger partial charge in [-0.25, -0.2) is 13.6 Å². The van der Waals surface area contributed by atoms with E-state index >= 15 is 0 Å². The van der Waals surface area contributed by atoms with Crippen molar-refractivity contribution >= 4 is 22.8 Å². The maximum absolute atomic E-state index is 12.9. The highest BCUT2D eigenvalue weighted by Gasteiger charge is 2.22. The molecule has 2 heterocycles. The lowest BCUT2D eigenvalue weighted by Crippen LogP contribution is -2.48. The van der Waals surface area contributed by atoms with Crippen molar-refractivity contribution in [2.75, 3.05) is 37.7 Å². The van der Waals surface area contributed by atoms with Crippen LogP contribution < -0.4 is 5.73 Å². The van der Waals surface area contributed by atoms with E-state index in [1.54, 1.807) is 31.2 Å². The average molecular weight is 411 g/mol. The van der Waals surface area contributed by atoms with Crippen molar-refractivity contribution in [3.63, 3.8) is 0 Å². The highest BCUT2D eigenvalue weighted by atomic mass is 32.2. The van der Waals surface area contributed by atoms with Gasteiger partial charge in [-0.15, -0.1) is 0 Å². The molecule has 0 aliphatic carbocycles. The fraction of sp³-hybridized carbons (Fsp3) is 0.368.